The molecule has 0 saturated heterocycles. The highest BCUT2D eigenvalue weighted by molar-refractivity contribution is 7.89. The summed E-state index contributed by atoms with van der Waals surface area (Å²) in [4.78, 5) is 12.1. The molecule has 0 bridgehead atoms. The molecular weight excluding hydrogens is 380 g/mol. The zero-order valence-electron chi connectivity index (χ0n) is 16.5. The van der Waals surface area contributed by atoms with Gasteiger partial charge in [0.2, 0.25) is 15.9 Å². The Bertz CT molecular complexity index is 909. The summed E-state index contributed by atoms with van der Waals surface area (Å²) >= 11 is 0. The van der Waals surface area contributed by atoms with Crippen molar-refractivity contribution in [3.8, 4) is 11.5 Å². The lowest BCUT2D eigenvalue weighted by atomic mass is 10.0. The second kappa shape index (κ2) is 9.57. The van der Waals surface area contributed by atoms with Crippen LogP contribution < -0.4 is 19.5 Å². The van der Waals surface area contributed by atoms with Crippen LogP contribution in [0.15, 0.2) is 47.4 Å². The molecule has 0 aliphatic carbocycles. The van der Waals surface area contributed by atoms with Crippen LogP contribution in [0.2, 0.25) is 0 Å². The number of methoxy groups -OCH3 is 2. The van der Waals surface area contributed by atoms with Gasteiger partial charge in [0.05, 0.1) is 19.1 Å². The fourth-order valence-electron chi connectivity index (χ4n) is 2.54. The number of carbonyl (C=O) groups excluding carboxylic acids is 1. The van der Waals surface area contributed by atoms with Gasteiger partial charge in [0.25, 0.3) is 0 Å². The first kappa shape index (κ1) is 21.7. The Kier molecular flexibility index (Phi) is 7.42. The molecule has 2 aromatic carbocycles. The van der Waals surface area contributed by atoms with Crippen LogP contribution >= 0.6 is 0 Å². The largest absolute Gasteiger partial charge is 0.493 e. The third kappa shape index (κ3) is 5.71. The minimum Gasteiger partial charge on any atom is -0.493 e. The van der Waals surface area contributed by atoms with Gasteiger partial charge in [-0.2, -0.15) is 0 Å². The smallest absolute Gasteiger partial charge is 0.240 e. The Morgan fingerprint density at radius 3 is 2.21 bits per heavy atom. The first-order valence-corrected chi connectivity index (χ1v) is 10.4. The second-order valence-electron chi connectivity index (χ2n) is 6.49. The number of ether oxygens (including phenoxy) is 2. The van der Waals surface area contributed by atoms with Crippen LogP contribution in [0, 0.1) is 0 Å². The fourth-order valence-corrected chi connectivity index (χ4v) is 3.59. The fraction of sp³-hybridized carbons (Fsp3) is 0.350. The number of anilines is 1. The van der Waals surface area contributed by atoms with Crippen molar-refractivity contribution in [3.63, 3.8) is 0 Å². The van der Waals surface area contributed by atoms with E-state index >= 15 is 0 Å². The zero-order chi connectivity index (χ0) is 20.7. The van der Waals surface area contributed by atoms with E-state index in [0.717, 1.165) is 0 Å². The number of hydrogen-bond acceptors (Lipinski definition) is 5. The number of rotatable bonds is 9. The molecule has 0 saturated carbocycles. The molecule has 2 N–H and O–H groups in total. The van der Waals surface area contributed by atoms with Crippen LogP contribution in [0.3, 0.4) is 0 Å². The van der Waals surface area contributed by atoms with E-state index in [1.807, 2.05) is 24.3 Å². The van der Waals surface area contributed by atoms with E-state index in [4.69, 9.17) is 9.47 Å². The van der Waals surface area contributed by atoms with E-state index in [2.05, 4.69) is 23.9 Å². The van der Waals surface area contributed by atoms with E-state index in [0.29, 0.717) is 23.1 Å². The van der Waals surface area contributed by atoms with Crippen LogP contribution in [0.1, 0.15) is 31.7 Å². The maximum Gasteiger partial charge on any atom is 0.240 e. The lowest BCUT2D eigenvalue weighted by Crippen LogP contribution is -2.27. The van der Waals surface area contributed by atoms with Gasteiger partial charge in [0.1, 0.15) is 0 Å². The Morgan fingerprint density at radius 2 is 1.64 bits per heavy atom. The Morgan fingerprint density at radius 1 is 1.00 bits per heavy atom. The summed E-state index contributed by atoms with van der Waals surface area (Å²) in [6.07, 6.45) is 0.0124. The molecular formula is C20H26N2O5S. The summed E-state index contributed by atoms with van der Waals surface area (Å²) in [5.41, 5.74) is 1.86. The summed E-state index contributed by atoms with van der Waals surface area (Å²) in [6, 6.07) is 11.9. The maximum atomic E-state index is 12.4. The summed E-state index contributed by atoms with van der Waals surface area (Å²) in [5.74, 6) is 0.889. The molecule has 2 rings (SSSR count). The van der Waals surface area contributed by atoms with Crippen LogP contribution in [-0.4, -0.2) is 35.1 Å². The third-order valence-corrected chi connectivity index (χ3v) is 5.63. The molecule has 0 spiro atoms. The van der Waals surface area contributed by atoms with Gasteiger partial charge in [0, 0.05) is 24.7 Å². The van der Waals surface area contributed by atoms with Crippen molar-refractivity contribution in [1.29, 1.82) is 0 Å². The van der Waals surface area contributed by atoms with Crippen molar-refractivity contribution in [2.75, 3.05) is 26.1 Å². The summed E-state index contributed by atoms with van der Waals surface area (Å²) in [5, 5.41) is 2.76. The van der Waals surface area contributed by atoms with Crippen molar-refractivity contribution in [1.82, 2.24) is 4.72 Å². The molecule has 0 unspecified atom stereocenters. The molecule has 8 heteroatoms. The van der Waals surface area contributed by atoms with Crippen LogP contribution in [-0.2, 0) is 14.8 Å². The lowest BCUT2D eigenvalue weighted by molar-refractivity contribution is -0.116. The van der Waals surface area contributed by atoms with Gasteiger partial charge in [-0.15, -0.1) is 0 Å². The minimum atomic E-state index is -3.77. The minimum absolute atomic E-state index is 0.0124. The normalized spacial score (nSPS) is 11.3. The number of carbonyl (C=O) groups is 1. The highest BCUT2D eigenvalue weighted by Crippen LogP contribution is 2.29. The monoisotopic (exact) mass is 406 g/mol. The first-order valence-electron chi connectivity index (χ1n) is 8.88. The SMILES string of the molecule is COc1ccc(S(=O)(=O)NCCC(=O)Nc2ccc(C(C)C)cc2)cc1OC. The molecule has 0 heterocycles. The van der Waals surface area contributed by atoms with E-state index < -0.39 is 10.0 Å². The average molecular weight is 407 g/mol. The van der Waals surface area contributed by atoms with Gasteiger partial charge in [0.15, 0.2) is 11.5 Å². The zero-order valence-corrected chi connectivity index (χ0v) is 17.3. The topological polar surface area (TPSA) is 93.7 Å². The number of amides is 1. The molecule has 0 fully saturated rings. The van der Waals surface area contributed by atoms with E-state index in [1.165, 1.54) is 38.0 Å². The van der Waals surface area contributed by atoms with Gasteiger partial charge in [-0.05, 0) is 35.7 Å². The Balaban J connectivity index is 1.91. The highest BCUT2D eigenvalue weighted by atomic mass is 32.2. The summed E-state index contributed by atoms with van der Waals surface area (Å²) < 4.78 is 37.4. The van der Waals surface area contributed by atoms with E-state index in [-0.39, 0.29) is 23.8 Å². The van der Waals surface area contributed by atoms with Gasteiger partial charge in [-0.25, -0.2) is 13.1 Å². The molecule has 1 amide bonds. The predicted molar refractivity (Wildman–Crippen MR) is 109 cm³/mol. The number of sulfonamides is 1. The summed E-state index contributed by atoms with van der Waals surface area (Å²) in [6.45, 7) is 4.17. The van der Waals surface area contributed by atoms with Crippen LogP contribution in [0.4, 0.5) is 5.69 Å². The quantitative estimate of drug-likeness (QED) is 0.667. The van der Waals surface area contributed by atoms with Gasteiger partial charge in [-0.3, -0.25) is 4.79 Å². The van der Waals surface area contributed by atoms with Crippen molar-refractivity contribution in [2.24, 2.45) is 0 Å². The van der Waals surface area contributed by atoms with E-state index in [1.54, 1.807) is 0 Å². The second-order valence-corrected chi connectivity index (χ2v) is 8.26. The summed E-state index contributed by atoms with van der Waals surface area (Å²) in [7, 11) is -0.865. The van der Waals surface area contributed by atoms with Crippen molar-refractivity contribution >= 4 is 21.6 Å². The Labute approximate surface area is 166 Å². The third-order valence-electron chi connectivity index (χ3n) is 4.17. The van der Waals surface area contributed by atoms with Crippen molar-refractivity contribution < 1.29 is 22.7 Å². The lowest BCUT2D eigenvalue weighted by Gasteiger charge is -2.11. The van der Waals surface area contributed by atoms with Gasteiger partial charge >= 0.3 is 0 Å². The standard InChI is InChI=1S/C20H26N2O5S/c1-14(2)15-5-7-16(8-6-15)22-20(23)11-12-21-28(24,25)17-9-10-18(26-3)19(13-17)27-4/h5-10,13-14,21H,11-12H2,1-4H3,(H,22,23). The molecule has 0 radical (unpaired) electrons. The van der Waals surface area contributed by atoms with Gasteiger partial charge in [-0.1, -0.05) is 26.0 Å². The predicted octanol–water partition coefficient (Wildman–Crippen LogP) is 3.13. The molecule has 0 atom stereocenters. The Hall–Kier alpha value is -2.58. The molecule has 0 aliphatic heterocycles. The molecule has 0 aromatic heterocycles. The molecule has 0 aliphatic rings. The van der Waals surface area contributed by atoms with Crippen LogP contribution in [0.25, 0.3) is 0 Å². The van der Waals surface area contributed by atoms with E-state index in [9.17, 15) is 13.2 Å². The first-order chi connectivity index (χ1) is 13.3. The van der Waals surface area contributed by atoms with Crippen LogP contribution in [0.5, 0.6) is 11.5 Å². The number of nitrogens with one attached hydrogen (secondary N) is 2. The number of hydrogen-bond donors (Lipinski definition) is 2. The molecule has 7 nitrogen and oxygen atoms in total. The average Bonchev–Trinajstić information content (AvgIpc) is 2.67. The number of benzene rings is 2. The van der Waals surface area contributed by atoms with Crippen molar-refractivity contribution in [2.45, 2.75) is 31.1 Å². The maximum absolute atomic E-state index is 12.4. The molecule has 152 valence electrons. The van der Waals surface area contributed by atoms with Gasteiger partial charge < -0.3 is 14.8 Å². The molecule has 28 heavy (non-hydrogen) atoms. The highest BCUT2D eigenvalue weighted by Gasteiger charge is 2.17. The molecule has 2 aromatic rings. The van der Waals surface area contributed by atoms with Crippen molar-refractivity contribution in [3.05, 3.63) is 48.0 Å².